The molecule has 8 heteroatoms. The van der Waals surface area contributed by atoms with Crippen molar-refractivity contribution in [2.75, 3.05) is 44.8 Å². The minimum atomic E-state index is -3.68. The largest absolute Gasteiger partial charge is 0.378 e. The molecule has 0 aliphatic carbocycles. The number of sulfonamides is 1. The summed E-state index contributed by atoms with van der Waals surface area (Å²) in [6.45, 7) is 3.33. The summed E-state index contributed by atoms with van der Waals surface area (Å²) in [6, 6.07) is 16.1. The number of carbonyl (C=O) groups is 1. The zero-order valence-corrected chi connectivity index (χ0v) is 16.7. The van der Waals surface area contributed by atoms with Crippen LogP contribution in [0.3, 0.4) is 0 Å². The second-order valence-electron chi connectivity index (χ2n) is 6.62. The highest BCUT2D eigenvalue weighted by atomic mass is 32.2. The number of rotatable bonds is 7. The molecule has 0 atom stereocenters. The molecule has 1 aliphatic heterocycles. The lowest BCUT2D eigenvalue weighted by Gasteiger charge is -2.28. The fraction of sp³-hybridized carbons (Fsp3) is 0.350. The molecule has 0 aromatic heterocycles. The van der Waals surface area contributed by atoms with Gasteiger partial charge in [0, 0.05) is 32.4 Å². The fourth-order valence-electron chi connectivity index (χ4n) is 2.96. The Bertz CT molecular complexity index is 879. The Morgan fingerprint density at radius 1 is 1.07 bits per heavy atom. The predicted molar refractivity (Wildman–Crippen MR) is 108 cm³/mol. The van der Waals surface area contributed by atoms with Gasteiger partial charge in [0.05, 0.1) is 24.7 Å². The molecule has 2 aromatic carbocycles. The summed E-state index contributed by atoms with van der Waals surface area (Å²) in [5, 5.41) is 2.77. The normalized spacial score (nSPS) is 14.9. The molecule has 0 spiro atoms. The van der Waals surface area contributed by atoms with Crippen LogP contribution in [0.15, 0.2) is 59.5 Å². The van der Waals surface area contributed by atoms with Crippen molar-refractivity contribution in [3.63, 3.8) is 0 Å². The number of ether oxygens (including phenoxy) is 1. The first-order valence-corrected chi connectivity index (χ1v) is 10.6. The van der Waals surface area contributed by atoms with E-state index >= 15 is 0 Å². The molecule has 1 saturated heterocycles. The molecule has 0 radical (unpaired) electrons. The van der Waals surface area contributed by atoms with Crippen LogP contribution in [0, 0.1) is 0 Å². The molecule has 0 bridgehead atoms. The molecule has 1 amide bonds. The Balaban J connectivity index is 1.51. The maximum absolute atomic E-state index is 12.5. The van der Waals surface area contributed by atoms with Gasteiger partial charge in [0.15, 0.2) is 0 Å². The van der Waals surface area contributed by atoms with E-state index in [4.69, 9.17) is 4.74 Å². The summed E-state index contributed by atoms with van der Waals surface area (Å²) >= 11 is 0. The van der Waals surface area contributed by atoms with E-state index in [0.717, 1.165) is 41.9 Å². The van der Waals surface area contributed by atoms with Gasteiger partial charge in [-0.25, -0.2) is 8.42 Å². The molecule has 0 saturated carbocycles. The van der Waals surface area contributed by atoms with Crippen LogP contribution >= 0.6 is 0 Å². The van der Waals surface area contributed by atoms with E-state index in [1.165, 1.54) is 19.2 Å². The van der Waals surface area contributed by atoms with E-state index in [9.17, 15) is 13.2 Å². The van der Waals surface area contributed by atoms with Crippen molar-refractivity contribution in [2.45, 2.75) is 11.4 Å². The molecule has 1 fully saturated rings. The van der Waals surface area contributed by atoms with Crippen molar-refractivity contribution in [3.05, 3.63) is 60.2 Å². The van der Waals surface area contributed by atoms with Crippen LogP contribution in [0.2, 0.25) is 0 Å². The molecular weight excluding hydrogens is 378 g/mol. The Labute approximate surface area is 166 Å². The van der Waals surface area contributed by atoms with Gasteiger partial charge >= 0.3 is 0 Å². The summed E-state index contributed by atoms with van der Waals surface area (Å²) < 4.78 is 31.3. The van der Waals surface area contributed by atoms with Gasteiger partial charge in [0.25, 0.3) is 0 Å². The average molecular weight is 404 g/mol. The second-order valence-corrected chi connectivity index (χ2v) is 8.66. The Kier molecular flexibility index (Phi) is 6.66. The number of hydrogen-bond acceptors (Lipinski definition) is 5. The number of nitrogens with zero attached hydrogens (tertiary/aromatic N) is 2. The second kappa shape index (κ2) is 9.18. The zero-order valence-electron chi connectivity index (χ0n) is 15.9. The summed E-state index contributed by atoms with van der Waals surface area (Å²) in [5.41, 5.74) is 2.09. The van der Waals surface area contributed by atoms with Gasteiger partial charge in [-0.1, -0.05) is 30.3 Å². The van der Waals surface area contributed by atoms with Crippen LogP contribution in [0.4, 0.5) is 5.69 Å². The summed E-state index contributed by atoms with van der Waals surface area (Å²) in [6.07, 6.45) is 0. The number of morpholine rings is 1. The highest BCUT2D eigenvalue weighted by Crippen LogP contribution is 2.17. The van der Waals surface area contributed by atoms with Crippen molar-refractivity contribution < 1.29 is 17.9 Å². The standard InChI is InChI=1S/C20H25N3O4S/c1-22(28(25,26)19-5-3-2-4-6-19)16-20(24)21-15-17-7-9-18(10-8-17)23-11-13-27-14-12-23/h2-10H,11-16H2,1H3,(H,21,24). The number of nitrogens with one attached hydrogen (secondary N) is 1. The van der Waals surface area contributed by atoms with Crippen LogP contribution < -0.4 is 10.2 Å². The molecule has 0 unspecified atom stereocenters. The highest BCUT2D eigenvalue weighted by Gasteiger charge is 2.22. The first-order chi connectivity index (χ1) is 13.5. The Morgan fingerprint density at radius 3 is 2.36 bits per heavy atom. The predicted octanol–water partition coefficient (Wildman–Crippen LogP) is 1.46. The molecule has 1 heterocycles. The Morgan fingerprint density at radius 2 is 1.71 bits per heavy atom. The van der Waals surface area contributed by atoms with Crippen LogP contribution in [-0.2, 0) is 26.1 Å². The van der Waals surface area contributed by atoms with Crippen molar-refractivity contribution in [1.82, 2.24) is 9.62 Å². The molecule has 7 nitrogen and oxygen atoms in total. The van der Waals surface area contributed by atoms with Crippen molar-refractivity contribution >= 4 is 21.6 Å². The number of carbonyl (C=O) groups excluding carboxylic acids is 1. The third-order valence-electron chi connectivity index (χ3n) is 4.62. The molecule has 150 valence electrons. The monoisotopic (exact) mass is 403 g/mol. The third kappa shape index (κ3) is 5.09. The average Bonchev–Trinajstić information content (AvgIpc) is 2.74. The number of anilines is 1. The zero-order chi connectivity index (χ0) is 20.0. The van der Waals surface area contributed by atoms with E-state index in [1.54, 1.807) is 18.2 Å². The molecular formula is C20H25N3O4S. The van der Waals surface area contributed by atoms with E-state index in [0.29, 0.717) is 6.54 Å². The number of benzene rings is 2. The van der Waals surface area contributed by atoms with E-state index in [2.05, 4.69) is 10.2 Å². The lowest BCUT2D eigenvalue weighted by atomic mass is 10.2. The first kappa shape index (κ1) is 20.3. The first-order valence-electron chi connectivity index (χ1n) is 9.16. The molecule has 1 aliphatic rings. The summed E-state index contributed by atoms with van der Waals surface area (Å²) in [4.78, 5) is 14.6. The van der Waals surface area contributed by atoms with Crippen molar-refractivity contribution in [1.29, 1.82) is 0 Å². The van der Waals surface area contributed by atoms with Gasteiger partial charge in [0.2, 0.25) is 15.9 Å². The van der Waals surface area contributed by atoms with Crippen LogP contribution in [0.1, 0.15) is 5.56 Å². The minimum absolute atomic E-state index is 0.170. The topological polar surface area (TPSA) is 79.0 Å². The molecule has 28 heavy (non-hydrogen) atoms. The van der Waals surface area contributed by atoms with E-state index in [-0.39, 0.29) is 17.3 Å². The SMILES string of the molecule is CN(CC(=O)NCc1ccc(N2CCOCC2)cc1)S(=O)(=O)c1ccccc1. The minimum Gasteiger partial charge on any atom is -0.378 e. The lowest BCUT2D eigenvalue weighted by Crippen LogP contribution is -2.38. The van der Waals surface area contributed by atoms with Gasteiger partial charge in [-0.2, -0.15) is 4.31 Å². The quantitative estimate of drug-likeness (QED) is 0.757. The Hall–Kier alpha value is -2.42. The van der Waals surface area contributed by atoms with Gasteiger partial charge in [0.1, 0.15) is 0 Å². The van der Waals surface area contributed by atoms with E-state index in [1.807, 2.05) is 24.3 Å². The van der Waals surface area contributed by atoms with E-state index < -0.39 is 10.0 Å². The van der Waals surface area contributed by atoms with Crippen molar-refractivity contribution in [3.8, 4) is 0 Å². The van der Waals surface area contributed by atoms with Gasteiger partial charge in [-0.05, 0) is 29.8 Å². The summed E-state index contributed by atoms with van der Waals surface area (Å²) in [5.74, 6) is -0.348. The fourth-order valence-corrected chi connectivity index (χ4v) is 4.11. The van der Waals surface area contributed by atoms with Gasteiger partial charge < -0.3 is 15.0 Å². The molecule has 2 aromatic rings. The molecule has 1 N–H and O–H groups in total. The molecule has 3 rings (SSSR count). The maximum atomic E-state index is 12.5. The number of likely N-dealkylation sites (N-methyl/N-ethyl adjacent to an activating group) is 1. The van der Waals surface area contributed by atoms with Crippen molar-refractivity contribution in [2.24, 2.45) is 0 Å². The van der Waals surface area contributed by atoms with Gasteiger partial charge in [-0.15, -0.1) is 0 Å². The highest BCUT2D eigenvalue weighted by molar-refractivity contribution is 7.89. The van der Waals surface area contributed by atoms with Crippen LogP contribution in [0.5, 0.6) is 0 Å². The maximum Gasteiger partial charge on any atom is 0.243 e. The summed E-state index contributed by atoms with van der Waals surface area (Å²) in [7, 11) is -2.28. The number of amides is 1. The lowest BCUT2D eigenvalue weighted by molar-refractivity contribution is -0.121. The smallest absolute Gasteiger partial charge is 0.243 e. The van der Waals surface area contributed by atoms with Gasteiger partial charge in [-0.3, -0.25) is 4.79 Å². The number of hydrogen-bond donors (Lipinski definition) is 1. The van der Waals surface area contributed by atoms with Crippen LogP contribution in [0.25, 0.3) is 0 Å². The van der Waals surface area contributed by atoms with Crippen LogP contribution in [-0.4, -0.2) is 58.5 Å². The third-order valence-corrected chi connectivity index (χ3v) is 6.44.